The van der Waals surface area contributed by atoms with E-state index < -0.39 is 17.7 Å². The molecule has 2 heterocycles. The Morgan fingerprint density at radius 3 is 2.55 bits per heavy atom. The van der Waals surface area contributed by atoms with Crippen LogP contribution in [-0.4, -0.2) is 63.7 Å². The molecular formula is C32H33N5O6S. The maximum absolute atomic E-state index is 11.9. The quantitative estimate of drug-likeness (QED) is 0.158. The number of aromatic nitrogens is 3. The van der Waals surface area contributed by atoms with Gasteiger partial charge in [-0.3, -0.25) is 19.4 Å². The molecule has 0 saturated carbocycles. The zero-order valence-electron chi connectivity index (χ0n) is 24.8. The van der Waals surface area contributed by atoms with Crippen LogP contribution in [0.25, 0.3) is 15.8 Å². The molecule has 44 heavy (non-hydrogen) atoms. The maximum atomic E-state index is 11.9. The van der Waals surface area contributed by atoms with E-state index in [-0.39, 0.29) is 24.8 Å². The van der Waals surface area contributed by atoms with Gasteiger partial charge in [0.15, 0.2) is 0 Å². The number of carboxylic acid groups (broad SMARTS) is 1. The number of pyridine rings is 1. The minimum atomic E-state index is -1.18. The number of ketones is 1. The largest absolute Gasteiger partial charge is 0.481 e. The van der Waals surface area contributed by atoms with E-state index in [1.165, 1.54) is 32.1 Å². The number of Topliss-reactive ketones (excluding diaryl/α,β-unsaturated/α-hetero) is 1. The lowest BCUT2D eigenvalue weighted by Gasteiger charge is -2.14. The van der Waals surface area contributed by atoms with Crippen molar-refractivity contribution in [2.75, 3.05) is 31.3 Å². The van der Waals surface area contributed by atoms with Gasteiger partial charge in [-0.2, -0.15) is 0 Å². The van der Waals surface area contributed by atoms with E-state index in [1.807, 2.05) is 62.4 Å². The molecule has 228 valence electrons. The molecule has 1 amide bonds. The van der Waals surface area contributed by atoms with E-state index in [4.69, 9.17) is 9.47 Å². The summed E-state index contributed by atoms with van der Waals surface area (Å²) in [7, 11) is 1.43. The number of methoxy groups -OCH3 is 1. The number of ether oxygens (including phenoxy) is 2. The van der Waals surface area contributed by atoms with Crippen LogP contribution in [0, 0.1) is 19.8 Å². The van der Waals surface area contributed by atoms with Crippen molar-refractivity contribution in [3.05, 3.63) is 84.0 Å². The Bertz CT molecular complexity index is 1680. The van der Waals surface area contributed by atoms with Gasteiger partial charge in [-0.15, -0.1) is 11.8 Å². The van der Waals surface area contributed by atoms with Gasteiger partial charge in [-0.05, 0) is 74.4 Å². The highest BCUT2D eigenvalue weighted by atomic mass is 32.2. The predicted octanol–water partition coefficient (Wildman–Crippen LogP) is 5.30. The fourth-order valence-electron chi connectivity index (χ4n) is 4.16. The van der Waals surface area contributed by atoms with Crippen LogP contribution >= 0.6 is 11.8 Å². The number of carbonyl (C=O) groups is 3. The molecule has 11 nitrogen and oxygen atoms in total. The van der Waals surface area contributed by atoms with Crippen LogP contribution in [0.3, 0.4) is 0 Å². The van der Waals surface area contributed by atoms with Crippen LogP contribution in [-0.2, 0) is 19.1 Å². The lowest BCUT2D eigenvalue weighted by atomic mass is 10.1. The first-order chi connectivity index (χ1) is 21.1. The molecule has 1 atom stereocenters. The van der Waals surface area contributed by atoms with Crippen LogP contribution in [0.1, 0.15) is 23.7 Å². The molecule has 2 aromatic carbocycles. The van der Waals surface area contributed by atoms with Crippen LogP contribution < -0.4 is 15.4 Å². The number of rotatable bonds is 14. The molecule has 4 rings (SSSR count). The third-order valence-corrected chi connectivity index (χ3v) is 7.74. The Hall–Kier alpha value is -4.81. The fraction of sp³-hybridized carbons (Fsp3) is 0.250. The summed E-state index contributed by atoms with van der Waals surface area (Å²) in [5.41, 5.74) is 4.05. The summed E-state index contributed by atoms with van der Waals surface area (Å²) in [5, 5.41) is 16.3. The highest BCUT2D eigenvalue weighted by Crippen LogP contribution is 2.34. The van der Waals surface area contributed by atoms with Crippen molar-refractivity contribution in [1.82, 2.24) is 20.3 Å². The normalized spacial score (nSPS) is 12.0. The summed E-state index contributed by atoms with van der Waals surface area (Å²) in [4.78, 5) is 49.3. The summed E-state index contributed by atoms with van der Waals surface area (Å²) in [6.45, 7) is 5.23. The highest BCUT2D eigenvalue weighted by Gasteiger charge is 2.23. The van der Waals surface area contributed by atoms with Gasteiger partial charge in [0.05, 0.1) is 11.7 Å². The Kier molecular flexibility index (Phi) is 11.0. The van der Waals surface area contributed by atoms with Gasteiger partial charge in [0, 0.05) is 41.1 Å². The van der Waals surface area contributed by atoms with Crippen LogP contribution in [0.15, 0.2) is 67.1 Å². The fourth-order valence-corrected chi connectivity index (χ4v) is 5.38. The highest BCUT2D eigenvalue weighted by molar-refractivity contribution is 8.08. The Balaban J connectivity index is 1.61. The van der Waals surface area contributed by atoms with E-state index in [0.29, 0.717) is 27.7 Å². The minimum absolute atomic E-state index is 0.0311. The van der Waals surface area contributed by atoms with E-state index in [1.54, 1.807) is 12.3 Å². The second-order valence-electron chi connectivity index (χ2n) is 9.91. The lowest BCUT2D eigenvalue weighted by molar-refractivity contribution is -0.144. The van der Waals surface area contributed by atoms with Crippen LogP contribution in [0.5, 0.6) is 11.5 Å². The van der Waals surface area contributed by atoms with Crippen molar-refractivity contribution in [2.24, 2.45) is 5.92 Å². The number of fused-ring (bicyclic) bond motifs is 1. The summed E-state index contributed by atoms with van der Waals surface area (Å²) < 4.78 is 10.9. The van der Waals surface area contributed by atoms with E-state index in [0.717, 1.165) is 27.9 Å². The van der Waals surface area contributed by atoms with Gasteiger partial charge in [-0.1, -0.05) is 12.1 Å². The summed E-state index contributed by atoms with van der Waals surface area (Å²) in [6, 6.07) is 15.1. The van der Waals surface area contributed by atoms with E-state index in [9.17, 15) is 19.5 Å². The van der Waals surface area contributed by atoms with E-state index in [2.05, 4.69) is 25.6 Å². The molecule has 0 aliphatic carbocycles. The summed E-state index contributed by atoms with van der Waals surface area (Å²) >= 11 is 1.23. The molecular weight excluding hydrogens is 582 g/mol. The van der Waals surface area contributed by atoms with Gasteiger partial charge >= 0.3 is 5.97 Å². The first-order valence-corrected chi connectivity index (χ1v) is 14.7. The number of hydrogen-bond donors (Lipinski definition) is 3. The number of carboxylic acids is 1. The lowest BCUT2D eigenvalue weighted by Crippen LogP contribution is -2.27. The van der Waals surface area contributed by atoms with Crippen molar-refractivity contribution in [3.8, 4) is 11.5 Å². The molecule has 0 aliphatic rings. The number of aliphatic carboxylic acids is 1. The average molecular weight is 616 g/mol. The average Bonchev–Trinajstić information content (AvgIpc) is 2.98. The molecule has 0 radical (unpaired) electrons. The zero-order chi connectivity index (χ0) is 31.6. The maximum Gasteiger partial charge on any atom is 0.314 e. The number of aryl methyl sites for hydroxylation is 2. The number of thioether (sulfide) groups is 1. The van der Waals surface area contributed by atoms with Crippen molar-refractivity contribution in [3.63, 3.8) is 0 Å². The van der Waals surface area contributed by atoms with Crippen molar-refractivity contribution < 1.29 is 29.0 Å². The van der Waals surface area contributed by atoms with Gasteiger partial charge < -0.3 is 25.2 Å². The van der Waals surface area contributed by atoms with Crippen LogP contribution in [0.4, 0.5) is 11.5 Å². The monoisotopic (exact) mass is 615 g/mol. The Labute approximate surface area is 259 Å². The van der Waals surface area contributed by atoms with Crippen molar-refractivity contribution in [1.29, 1.82) is 0 Å². The molecule has 3 N–H and O–H groups in total. The Morgan fingerprint density at radius 1 is 1.05 bits per heavy atom. The standard InChI is InChI=1S/C32H33N5O6S/c1-19-13-23(7-10-28(19)43-24-8-5-20(2)34-15-24)37-31-25-14-22(6-9-27(25)35-18-36-31)29(11-12-33-30(39)16-42-4)44-17-26(21(3)38)32(40)41/h5-11,13-15,18,26H,12,16-17H2,1-4H3,(H,33,39)(H,40,41)(H,35,36,37)/b29-11+. The first kappa shape index (κ1) is 32.1. The smallest absolute Gasteiger partial charge is 0.314 e. The minimum Gasteiger partial charge on any atom is -0.481 e. The summed E-state index contributed by atoms with van der Waals surface area (Å²) in [6.07, 6.45) is 4.93. The number of amides is 1. The number of nitrogens with zero attached hydrogens (tertiary/aromatic N) is 3. The number of anilines is 2. The molecule has 4 aromatic rings. The Morgan fingerprint density at radius 2 is 1.86 bits per heavy atom. The number of benzene rings is 2. The number of hydrogen-bond acceptors (Lipinski definition) is 10. The van der Waals surface area contributed by atoms with Crippen molar-refractivity contribution in [2.45, 2.75) is 20.8 Å². The van der Waals surface area contributed by atoms with Crippen LogP contribution in [0.2, 0.25) is 0 Å². The molecule has 0 bridgehead atoms. The topological polar surface area (TPSA) is 153 Å². The predicted molar refractivity (Wildman–Crippen MR) is 170 cm³/mol. The van der Waals surface area contributed by atoms with Gasteiger partial charge in [-0.25, -0.2) is 9.97 Å². The van der Waals surface area contributed by atoms with E-state index >= 15 is 0 Å². The zero-order valence-corrected chi connectivity index (χ0v) is 25.6. The van der Waals surface area contributed by atoms with Gasteiger partial charge in [0.1, 0.15) is 42.0 Å². The second kappa shape index (κ2) is 15.1. The molecule has 12 heteroatoms. The SMILES string of the molecule is COCC(=O)NC/C=C(/SCC(C(C)=O)C(=O)O)c1ccc2ncnc(Nc3ccc(Oc4ccc(C)nc4)c(C)c3)c2c1. The second-order valence-corrected chi connectivity index (χ2v) is 11.0. The molecule has 0 fully saturated rings. The van der Waals surface area contributed by atoms with Gasteiger partial charge in [0.2, 0.25) is 5.91 Å². The third-order valence-electron chi connectivity index (χ3n) is 6.53. The molecule has 0 saturated heterocycles. The number of nitrogens with one attached hydrogen (secondary N) is 2. The first-order valence-electron chi connectivity index (χ1n) is 13.7. The summed E-state index contributed by atoms with van der Waals surface area (Å²) in [5.74, 6) is -1.12. The third kappa shape index (κ3) is 8.62. The molecule has 1 unspecified atom stereocenters. The van der Waals surface area contributed by atoms with Gasteiger partial charge in [0.25, 0.3) is 0 Å². The molecule has 0 aliphatic heterocycles. The molecule has 2 aromatic heterocycles. The molecule has 0 spiro atoms. The number of carbonyl (C=O) groups excluding carboxylic acids is 2. The van der Waals surface area contributed by atoms with Crippen molar-refractivity contribution >= 4 is 56.7 Å².